The molecule has 0 spiro atoms. The summed E-state index contributed by atoms with van der Waals surface area (Å²) in [6.45, 7) is 1.90. The normalized spacial score (nSPS) is 10.9. The van der Waals surface area contributed by atoms with Gasteiger partial charge in [-0.15, -0.1) is 5.10 Å². The predicted octanol–water partition coefficient (Wildman–Crippen LogP) is 1.05. The summed E-state index contributed by atoms with van der Waals surface area (Å²) in [6, 6.07) is 0. The second-order valence-electron chi connectivity index (χ2n) is 2.22. The lowest BCUT2D eigenvalue weighted by Gasteiger charge is -1.81. The number of hydrogen-bond donors (Lipinski definition) is 2. The molecule has 0 radical (unpaired) electrons. The highest BCUT2D eigenvalue weighted by Gasteiger charge is 2.07. The van der Waals surface area contributed by atoms with E-state index in [0.29, 0.717) is 11.4 Å². The first kappa shape index (κ1) is 5.34. The number of rotatable bonds is 0. The Morgan fingerprint density at radius 3 is 3.20 bits per heavy atom. The van der Waals surface area contributed by atoms with Crippen molar-refractivity contribution in [3.63, 3.8) is 0 Å². The first-order chi connectivity index (χ1) is 4.79. The van der Waals surface area contributed by atoms with Gasteiger partial charge in [-0.2, -0.15) is 0 Å². The van der Waals surface area contributed by atoms with Crippen molar-refractivity contribution in [3.05, 3.63) is 12.0 Å². The van der Waals surface area contributed by atoms with E-state index in [1.807, 2.05) is 6.92 Å². The first-order valence-corrected chi connectivity index (χ1v) is 2.96. The zero-order chi connectivity index (χ0) is 7.14. The molecule has 4 heteroatoms. The third kappa shape index (κ3) is 0.478. The van der Waals surface area contributed by atoms with Crippen molar-refractivity contribution in [1.29, 1.82) is 0 Å². The van der Waals surface area contributed by atoms with Gasteiger partial charge in [-0.3, -0.25) is 5.10 Å². The summed E-state index contributed by atoms with van der Waals surface area (Å²) in [6.07, 6.45) is 1.50. The fraction of sp³-hybridized carbons (Fsp3) is 0.167. The van der Waals surface area contributed by atoms with Gasteiger partial charge in [0.1, 0.15) is 6.26 Å². The molecular formula is C6H7N3O. The molecule has 0 unspecified atom stereocenters. The zero-order valence-electron chi connectivity index (χ0n) is 5.51. The van der Waals surface area contributed by atoms with Crippen molar-refractivity contribution >= 4 is 16.8 Å². The molecule has 0 atom stereocenters. The Hall–Kier alpha value is -1.45. The van der Waals surface area contributed by atoms with E-state index in [1.165, 1.54) is 6.26 Å². The summed E-state index contributed by atoms with van der Waals surface area (Å²) in [5.74, 6) is 0. The topological polar surface area (TPSA) is 67.8 Å². The summed E-state index contributed by atoms with van der Waals surface area (Å²) in [5, 5.41) is 7.53. The lowest BCUT2D eigenvalue weighted by atomic mass is 10.3. The van der Waals surface area contributed by atoms with Crippen LogP contribution < -0.4 is 5.73 Å². The number of aryl methyl sites for hydroxylation is 1. The molecule has 0 bridgehead atoms. The Kier molecular flexibility index (Phi) is 0.818. The monoisotopic (exact) mass is 137 g/mol. The maximum atomic E-state index is 5.57. The molecule has 0 saturated heterocycles. The Morgan fingerprint density at radius 1 is 1.70 bits per heavy atom. The maximum Gasteiger partial charge on any atom is 0.247 e. The van der Waals surface area contributed by atoms with E-state index in [-0.39, 0.29) is 0 Å². The zero-order valence-corrected chi connectivity index (χ0v) is 5.51. The number of furan rings is 1. The van der Waals surface area contributed by atoms with E-state index in [1.54, 1.807) is 0 Å². The number of nitrogens with one attached hydrogen (secondary N) is 1. The van der Waals surface area contributed by atoms with Crippen molar-refractivity contribution < 1.29 is 4.42 Å². The minimum absolute atomic E-state index is 0.579. The molecule has 3 N–H and O–H groups in total. The van der Waals surface area contributed by atoms with Gasteiger partial charge < -0.3 is 10.2 Å². The van der Waals surface area contributed by atoms with Gasteiger partial charge in [0.15, 0.2) is 0 Å². The molecule has 0 aliphatic carbocycles. The quantitative estimate of drug-likeness (QED) is 0.570. The second-order valence-corrected chi connectivity index (χ2v) is 2.22. The van der Waals surface area contributed by atoms with Crippen molar-refractivity contribution in [2.24, 2.45) is 0 Å². The number of aromatic amines is 1. The van der Waals surface area contributed by atoms with Crippen LogP contribution in [0.15, 0.2) is 10.7 Å². The molecule has 2 aromatic heterocycles. The van der Waals surface area contributed by atoms with Crippen LogP contribution in [0.4, 0.5) is 5.69 Å². The Balaban J connectivity index is 2.98. The molecule has 0 aliphatic rings. The number of nitrogens with zero attached hydrogens (tertiary/aromatic N) is 1. The van der Waals surface area contributed by atoms with Gasteiger partial charge in [-0.1, -0.05) is 0 Å². The van der Waals surface area contributed by atoms with Gasteiger partial charge in [0.2, 0.25) is 5.71 Å². The molecule has 0 aromatic carbocycles. The van der Waals surface area contributed by atoms with Gasteiger partial charge in [-0.05, 0) is 6.92 Å². The summed E-state index contributed by atoms with van der Waals surface area (Å²) < 4.78 is 5.00. The molecule has 52 valence electrons. The predicted molar refractivity (Wildman–Crippen MR) is 37.5 cm³/mol. The van der Waals surface area contributed by atoms with Crippen LogP contribution in [0.1, 0.15) is 5.69 Å². The van der Waals surface area contributed by atoms with Gasteiger partial charge >= 0.3 is 0 Å². The van der Waals surface area contributed by atoms with Gasteiger partial charge in [0.25, 0.3) is 0 Å². The Morgan fingerprint density at radius 2 is 2.50 bits per heavy atom. The SMILES string of the molecule is Cc1[nH]nc2occ(N)c12. The van der Waals surface area contributed by atoms with E-state index in [9.17, 15) is 0 Å². The van der Waals surface area contributed by atoms with Crippen LogP contribution in [0.2, 0.25) is 0 Å². The van der Waals surface area contributed by atoms with Crippen LogP contribution in [0.25, 0.3) is 11.1 Å². The molecule has 10 heavy (non-hydrogen) atoms. The van der Waals surface area contributed by atoms with Crippen LogP contribution in [-0.4, -0.2) is 10.2 Å². The van der Waals surface area contributed by atoms with Crippen LogP contribution in [0.5, 0.6) is 0 Å². The third-order valence-corrected chi connectivity index (χ3v) is 1.50. The highest BCUT2D eigenvalue weighted by molar-refractivity contribution is 5.88. The minimum Gasteiger partial charge on any atom is -0.443 e. The van der Waals surface area contributed by atoms with Crippen LogP contribution in [0.3, 0.4) is 0 Å². The van der Waals surface area contributed by atoms with Crippen LogP contribution >= 0.6 is 0 Å². The van der Waals surface area contributed by atoms with Crippen LogP contribution in [-0.2, 0) is 0 Å². The van der Waals surface area contributed by atoms with Crippen molar-refractivity contribution in [2.75, 3.05) is 5.73 Å². The van der Waals surface area contributed by atoms with Crippen molar-refractivity contribution in [3.8, 4) is 0 Å². The second kappa shape index (κ2) is 1.53. The number of aromatic nitrogens is 2. The highest BCUT2D eigenvalue weighted by atomic mass is 16.3. The fourth-order valence-electron chi connectivity index (χ4n) is 1.01. The maximum absolute atomic E-state index is 5.57. The number of hydrogen-bond acceptors (Lipinski definition) is 3. The largest absolute Gasteiger partial charge is 0.443 e. The number of anilines is 1. The van der Waals surface area contributed by atoms with E-state index in [2.05, 4.69) is 10.2 Å². The first-order valence-electron chi connectivity index (χ1n) is 2.96. The summed E-state index contributed by atoms with van der Waals surface area (Å²) in [7, 11) is 0. The molecule has 2 heterocycles. The minimum atomic E-state index is 0.579. The van der Waals surface area contributed by atoms with E-state index < -0.39 is 0 Å². The molecule has 4 nitrogen and oxygen atoms in total. The third-order valence-electron chi connectivity index (χ3n) is 1.50. The molecule has 0 saturated carbocycles. The average molecular weight is 137 g/mol. The van der Waals surface area contributed by atoms with Crippen LogP contribution in [0, 0.1) is 6.92 Å². The number of nitrogens with two attached hydrogens (primary N) is 1. The number of nitrogen functional groups attached to an aromatic ring is 1. The van der Waals surface area contributed by atoms with Gasteiger partial charge in [0, 0.05) is 5.69 Å². The van der Waals surface area contributed by atoms with Gasteiger partial charge in [0.05, 0.1) is 11.1 Å². The summed E-state index contributed by atoms with van der Waals surface area (Å²) >= 11 is 0. The lowest BCUT2D eigenvalue weighted by Crippen LogP contribution is -1.80. The standard InChI is InChI=1S/C6H7N3O/c1-3-5-4(7)2-10-6(5)9-8-3/h2H,7H2,1H3,(H,8,9). The summed E-state index contributed by atoms with van der Waals surface area (Å²) in [5.41, 5.74) is 7.73. The van der Waals surface area contributed by atoms with Gasteiger partial charge in [-0.25, -0.2) is 0 Å². The highest BCUT2D eigenvalue weighted by Crippen LogP contribution is 2.23. The molecular weight excluding hydrogens is 130 g/mol. The van der Waals surface area contributed by atoms with Crippen molar-refractivity contribution in [2.45, 2.75) is 6.92 Å². The van der Waals surface area contributed by atoms with E-state index in [4.69, 9.17) is 10.2 Å². The summed E-state index contributed by atoms with van der Waals surface area (Å²) in [4.78, 5) is 0. The van der Waals surface area contributed by atoms with E-state index in [0.717, 1.165) is 11.1 Å². The average Bonchev–Trinajstić information content (AvgIpc) is 2.40. The lowest BCUT2D eigenvalue weighted by molar-refractivity contribution is 0.601. The molecule has 2 aromatic rings. The number of fused-ring (bicyclic) bond motifs is 1. The smallest absolute Gasteiger partial charge is 0.247 e. The number of H-pyrrole nitrogens is 1. The molecule has 0 fully saturated rings. The molecule has 0 aliphatic heterocycles. The Labute approximate surface area is 57.0 Å². The fourth-order valence-corrected chi connectivity index (χ4v) is 1.01. The Bertz CT molecular complexity index is 328. The van der Waals surface area contributed by atoms with E-state index >= 15 is 0 Å². The van der Waals surface area contributed by atoms with Crippen molar-refractivity contribution in [1.82, 2.24) is 10.2 Å². The molecule has 0 amide bonds. The molecule has 2 rings (SSSR count).